The molecule has 0 aromatic heterocycles. The maximum absolute atomic E-state index is 10.9. The Hall–Kier alpha value is -0.870. The van der Waals surface area contributed by atoms with Crippen molar-refractivity contribution in [2.24, 2.45) is 0 Å². The molecule has 1 aliphatic rings. The molecule has 0 aromatic carbocycles. The molecule has 0 saturated carbocycles. The summed E-state index contributed by atoms with van der Waals surface area (Å²) in [6.07, 6.45) is 2.30. The van der Waals surface area contributed by atoms with Crippen LogP contribution in [0.3, 0.4) is 0 Å². The quantitative estimate of drug-likeness (QED) is 0.602. The van der Waals surface area contributed by atoms with Crippen LogP contribution in [0.1, 0.15) is 6.42 Å². The van der Waals surface area contributed by atoms with Crippen LogP contribution >= 0.6 is 0 Å². The fourth-order valence-corrected chi connectivity index (χ4v) is 1.62. The lowest BCUT2D eigenvalue weighted by molar-refractivity contribution is -0.116. The number of piperazine rings is 1. The molecule has 0 aromatic rings. The number of carbonyl (C=O) groups is 1. The number of likely N-dealkylation sites (N-methyl/N-ethyl adjacent to an activating group) is 1. The van der Waals surface area contributed by atoms with Crippen LogP contribution in [0, 0.1) is 0 Å². The van der Waals surface area contributed by atoms with Gasteiger partial charge in [0.15, 0.2) is 0 Å². The summed E-state index contributed by atoms with van der Waals surface area (Å²) in [6, 6.07) is 0.536. The van der Waals surface area contributed by atoms with E-state index >= 15 is 0 Å². The minimum absolute atomic E-state index is 0.0866. The molecule has 1 unspecified atom stereocenters. The van der Waals surface area contributed by atoms with E-state index in [1.807, 2.05) is 0 Å². The van der Waals surface area contributed by atoms with Crippen molar-refractivity contribution in [3.63, 3.8) is 0 Å². The number of nitrogens with one attached hydrogen (secondary N) is 2. The Morgan fingerprint density at radius 1 is 1.79 bits per heavy atom. The van der Waals surface area contributed by atoms with Crippen LogP contribution in [-0.4, -0.2) is 50.1 Å². The zero-order chi connectivity index (χ0) is 10.4. The Balaban J connectivity index is 2.16. The van der Waals surface area contributed by atoms with Crippen LogP contribution in [0.15, 0.2) is 12.7 Å². The van der Waals surface area contributed by atoms with Gasteiger partial charge in [-0.2, -0.15) is 0 Å². The first-order chi connectivity index (χ1) is 6.74. The third-order valence-electron chi connectivity index (χ3n) is 2.61. The molecule has 4 heteroatoms. The molecule has 1 fully saturated rings. The van der Waals surface area contributed by atoms with Gasteiger partial charge >= 0.3 is 0 Å². The minimum Gasteiger partial charge on any atom is -0.353 e. The predicted molar refractivity (Wildman–Crippen MR) is 57.1 cm³/mol. The fourth-order valence-electron chi connectivity index (χ4n) is 1.62. The van der Waals surface area contributed by atoms with Crippen LogP contribution in [0.5, 0.6) is 0 Å². The second-order valence-electron chi connectivity index (χ2n) is 3.62. The van der Waals surface area contributed by atoms with E-state index in [0.717, 1.165) is 32.6 Å². The van der Waals surface area contributed by atoms with Gasteiger partial charge in [-0.15, -0.1) is 0 Å². The first kappa shape index (κ1) is 11.2. The van der Waals surface area contributed by atoms with Gasteiger partial charge in [-0.25, -0.2) is 0 Å². The van der Waals surface area contributed by atoms with E-state index in [0.29, 0.717) is 6.04 Å². The highest BCUT2D eigenvalue weighted by Crippen LogP contribution is 2.03. The molecule has 0 bridgehead atoms. The molecule has 1 amide bonds. The highest BCUT2D eigenvalue weighted by Gasteiger charge is 2.17. The molecule has 0 aliphatic carbocycles. The van der Waals surface area contributed by atoms with Crippen LogP contribution in [0.4, 0.5) is 0 Å². The Bertz CT molecular complexity index is 206. The average molecular weight is 197 g/mol. The van der Waals surface area contributed by atoms with E-state index in [-0.39, 0.29) is 5.91 Å². The number of rotatable bonds is 4. The summed E-state index contributed by atoms with van der Waals surface area (Å²) in [4.78, 5) is 13.2. The standard InChI is InChI=1S/C10H19N3O/c1-3-10(14)12-5-4-9-8-11-6-7-13(9)2/h3,9,11H,1,4-8H2,2H3,(H,12,14). The molecule has 1 saturated heterocycles. The first-order valence-electron chi connectivity index (χ1n) is 5.05. The molecular weight excluding hydrogens is 178 g/mol. The molecule has 2 N–H and O–H groups in total. The molecule has 1 heterocycles. The highest BCUT2D eigenvalue weighted by atomic mass is 16.1. The molecule has 0 radical (unpaired) electrons. The Kier molecular flexibility index (Phi) is 4.62. The summed E-state index contributed by atoms with van der Waals surface area (Å²) in [5, 5.41) is 6.13. The van der Waals surface area contributed by atoms with Gasteiger partial charge in [-0.05, 0) is 19.5 Å². The van der Waals surface area contributed by atoms with E-state index in [4.69, 9.17) is 0 Å². The van der Waals surface area contributed by atoms with Crippen molar-refractivity contribution in [1.82, 2.24) is 15.5 Å². The lowest BCUT2D eigenvalue weighted by Crippen LogP contribution is -2.50. The molecule has 0 spiro atoms. The fraction of sp³-hybridized carbons (Fsp3) is 0.700. The summed E-state index contributed by atoms with van der Waals surface area (Å²) in [5.41, 5.74) is 0. The number of hydrogen-bond donors (Lipinski definition) is 2. The largest absolute Gasteiger partial charge is 0.353 e. The van der Waals surface area contributed by atoms with E-state index in [1.54, 1.807) is 0 Å². The van der Waals surface area contributed by atoms with Crippen molar-refractivity contribution < 1.29 is 4.79 Å². The Labute approximate surface area is 85.3 Å². The summed E-state index contributed by atoms with van der Waals surface area (Å²) in [5.74, 6) is -0.0866. The lowest BCUT2D eigenvalue weighted by atomic mass is 10.1. The van der Waals surface area contributed by atoms with Crippen LogP contribution in [0.2, 0.25) is 0 Å². The summed E-state index contributed by atoms with van der Waals surface area (Å²) in [7, 11) is 2.13. The third kappa shape index (κ3) is 3.47. The van der Waals surface area contributed by atoms with Gasteiger partial charge in [0.05, 0.1) is 0 Å². The monoisotopic (exact) mass is 197 g/mol. The Morgan fingerprint density at radius 2 is 2.57 bits per heavy atom. The number of nitrogens with zero attached hydrogens (tertiary/aromatic N) is 1. The van der Waals surface area contributed by atoms with E-state index in [9.17, 15) is 4.79 Å². The van der Waals surface area contributed by atoms with Gasteiger partial charge in [0.25, 0.3) is 0 Å². The van der Waals surface area contributed by atoms with Gasteiger partial charge in [-0.3, -0.25) is 4.79 Å². The van der Waals surface area contributed by atoms with Crippen molar-refractivity contribution in [3.8, 4) is 0 Å². The van der Waals surface area contributed by atoms with Crippen molar-refractivity contribution in [2.45, 2.75) is 12.5 Å². The SMILES string of the molecule is C=CC(=O)NCCC1CNCCN1C. The zero-order valence-corrected chi connectivity index (χ0v) is 8.75. The van der Waals surface area contributed by atoms with E-state index in [2.05, 4.69) is 29.2 Å². The lowest BCUT2D eigenvalue weighted by Gasteiger charge is -2.33. The number of hydrogen-bond acceptors (Lipinski definition) is 3. The van der Waals surface area contributed by atoms with Gasteiger partial charge in [-0.1, -0.05) is 6.58 Å². The minimum atomic E-state index is -0.0866. The zero-order valence-electron chi connectivity index (χ0n) is 8.75. The van der Waals surface area contributed by atoms with Crippen molar-refractivity contribution in [1.29, 1.82) is 0 Å². The third-order valence-corrected chi connectivity index (χ3v) is 2.61. The topological polar surface area (TPSA) is 44.4 Å². The van der Waals surface area contributed by atoms with Crippen molar-refractivity contribution in [3.05, 3.63) is 12.7 Å². The average Bonchev–Trinajstić information content (AvgIpc) is 2.20. The summed E-state index contributed by atoms with van der Waals surface area (Å²) >= 11 is 0. The van der Waals surface area contributed by atoms with Crippen LogP contribution in [-0.2, 0) is 4.79 Å². The molecule has 14 heavy (non-hydrogen) atoms. The van der Waals surface area contributed by atoms with Gasteiger partial charge in [0.1, 0.15) is 0 Å². The second-order valence-corrected chi connectivity index (χ2v) is 3.62. The smallest absolute Gasteiger partial charge is 0.243 e. The van der Waals surface area contributed by atoms with Crippen molar-refractivity contribution >= 4 is 5.91 Å². The summed E-state index contributed by atoms with van der Waals surface area (Å²) in [6.45, 7) is 7.29. The van der Waals surface area contributed by atoms with Crippen LogP contribution in [0.25, 0.3) is 0 Å². The van der Waals surface area contributed by atoms with Gasteiger partial charge in [0.2, 0.25) is 5.91 Å². The van der Waals surface area contributed by atoms with Gasteiger partial charge in [0, 0.05) is 32.2 Å². The summed E-state index contributed by atoms with van der Waals surface area (Å²) < 4.78 is 0. The van der Waals surface area contributed by atoms with E-state index < -0.39 is 0 Å². The molecule has 4 nitrogen and oxygen atoms in total. The molecule has 1 atom stereocenters. The predicted octanol–water partition coefficient (Wildman–Crippen LogP) is -0.418. The number of amides is 1. The molecule has 1 aliphatic heterocycles. The molecule has 1 rings (SSSR count). The maximum Gasteiger partial charge on any atom is 0.243 e. The first-order valence-corrected chi connectivity index (χ1v) is 5.05. The number of carbonyl (C=O) groups excluding carboxylic acids is 1. The normalized spacial score (nSPS) is 23.1. The highest BCUT2D eigenvalue weighted by molar-refractivity contribution is 5.86. The second kappa shape index (κ2) is 5.78. The van der Waals surface area contributed by atoms with E-state index in [1.165, 1.54) is 6.08 Å². The maximum atomic E-state index is 10.9. The Morgan fingerprint density at radius 3 is 3.21 bits per heavy atom. The van der Waals surface area contributed by atoms with Crippen LogP contribution < -0.4 is 10.6 Å². The van der Waals surface area contributed by atoms with Gasteiger partial charge < -0.3 is 15.5 Å². The van der Waals surface area contributed by atoms with Crippen molar-refractivity contribution in [2.75, 3.05) is 33.2 Å². The molecular formula is C10H19N3O. The molecule has 80 valence electrons.